The average molecular weight is 467 g/mol. The third-order valence-corrected chi connectivity index (χ3v) is 6.08. The lowest BCUT2D eigenvalue weighted by Gasteiger charge is -2.20. The van der Waals surface area contributed by atoms with Gasteiger partial charge in [-0.15, -0.1) is 0 Å². The van der Waals surface area contributed by atoms with Gasteiger partial charge in [0.15, 0.2) is 0 Å². The Kier molecular flexibility index (Phi) is 6.41. The molecule has 1 amide bonds. The lowest BCUT2D eigenvalue weighted by atomic mass is 9.98. The van der Waals surface area contributed by atoms with E-state index in [1.54, 1.807) is 31.5 Å². The number of aryl methyl sites for hydroxylation is 1. The van der Waals surface area contributed by atoms with Crippen LogP contribution >= 0.6 is 0 Å². The van der Waals surface area contributed by atoms with Crippen LogP contribution in [0.2, 0.25) is 0 Å². The van der Waals surface area contributed by atoms with Crippen LogP contribution in [0.4, 0.5) is 0 Å². The van der Waals surface area contributed by atoms with Crippen LogP contribution in [0.15, 0.2) is 95.9 Å². The van der Waals surface area contributed by atoms with Crippen molar-refractivity contribution < 1.29 is 9.53 Å². The van der Waals surface area contributed by atoms with E-state index in [9.17, 15) is 9.59 Å². The van der Waals surface area contributed by atoms with Crippen LogP contribution in [-0.4, -0.2) is 33.6 Å². The number of fused-ring (bicyclic) bond motifs is 2. The maximum Gasteiger partial charge on any atom is 0.268 e. The number of pyridine rings is 1. The predicted octanol–water partition coefficient (Wildman–Crippen LogP) is 4.21. The topological polar surface area (TPSA) is 77.6 Å². The molecule has 176 valence electrons. The fraction of sp³-hybridized carbons (Fsp3) is 0.179. The molecule has 0 spiro atoms. The zero-order valence-corrected chi connectivity index (χ0v) is 19.4. The molecule has 35 heavy (non-hydrogen) atoms. The molecule has 5 aromatic rings. The fourth-order valence-electron chi connectivity index (χ4n) is 4.39. The number of benzene rings is 2. The van der Waals surface area contributed by atoms with E-state index in [1.807, 2.05) is 71.3 Å². The molecular weight excluding hydrogens is 440 g/mol. The van der Waals surface area contributed by atoms with Gasteiger partial charge >= 0.3 is 0 Å². The number of aromatic nitrogens is 3. The van der Waals surface area contributed by atoms with Gasteiger partial charge in [0.1, 0.15) is 17.0 Å². The van der Waals surface area contributed by atoms with E-state index in [2.05, 4.69) is 5.32 Å². The molecule has 0 fully saturated rings. The van der Waals surface area contributed by atoms with Gasteiger partial charge in [-0.25, -0.2) is 4.98 Å². The van der Waals surface area contributed by atoms with Crippen LogP contribution in [0.3, 0.4) is 0 Å². The van der Waals surface area contributed by atoms with Crippen LogP contribution in [-0.2, 0) is 11.3 Å². The Morgan fingerprint density at radius 2 is 1.63 bits per heavy atom. The van der Waals surface area contributed by atoms with Gasteiger partial charge in [-0.1, -0.05) is 66.7 Å². The quantitative estimate of drug-likeness (QED) is 0.348. The summed E-state index contributed by atoms with van der Waals surface area (Å²) in [5.41, 5.74) is 3.17. The summed E-state index contributed by atoms with van der Waals surface area (Å²) in [6.07, 6.45) is 2.37. The molecule has 0 unspecified atom stereocenters. The summed E-state index contributed by atoms with van der Waals surface area (Å²) in [6.45, 7) is 1.03. The zero-order chi connectivity index (χ0) is 24.2. The average Bonchev–Trinajstić information content (AvgIpc) is 3.27. The summed E-state index contributed by atoms with van der Waals surface area (Å²) < 4.78 is 8.55. The van der Waals surface area contributed by atoms with E-state index < -0.39 is 0 Å². The predicted molar refractivity (Wildman–Crippen MR) is 136 cm³/mol. The van der Waals surface area contributed by atoms with E-state index in [4.69, 9.17) is 9.72 Å². The van der Waals surface area contributed by atoms with Crippen molar-refractivity contribution in [2.24, 2.45) is 0 Å². The summed E-state index contributed by atoms with van der Waals surface area (Å²) in [4.78, 5) is 31.7. The van der Waals surface area contributed by atoms with Crippen LogP contribution in [0.25, 0.3) is 16.7 Å². The van der Waals surface area contributed by atoms with Crippen molar-refractivity contribution in [3.63, 3.8) is 0 Å². The van der Waals surface area contributed by atoms with E-state index in [0.29, 0.717) is 41.9 Å². The molecule has 3 aromatic heterocycles. The lowest BCUT2D eigenvalue weighted by Crippen LogP contribution is -2.31. The molecule has 0 saturated carbocycles. The second kappa shape index (κ2) is 9.95. The summed E-state index contributed by atoms with van der Waals surface area (Å²) in [7, 11) is 1.64. The largest absolute Gasteiger partial charge is 0.385 e. The molecule has 3 heterocycles. The first kappa shape index (κ1) is 22.6. The number of amides is 1. The second-order valence-corrected chi connectivity index (χ2v) is 8.34. The minimum Gasteiger partial charge on any atom is -0.385 e. The molecule has 1 N–H and O–H groups in total. The normalized spacial score (nSPS) is 11.4. The number of carbonyl (C=O) groups is 1. The van der Waals surface area contributed by atoms with Crippen molar-refractivity contribution in [1.82, 2.24) is 19.3 Å². The van der Waals surface area contributed by atoms with Crippen LogP contribution in [0.1, 0.15) is 34.1 Å². The molecular formula is C28H26N4O3. The second-order valence-electron chi connectivity index (χ2n) is 8.34. The van der Waals surface area contributed by atoms with Crippen molar-refractivity contribution in [1.29, 1.82) is 0 Å². The molecule has 0 aliphatic rings. The van der Waals surface area contributed by atoms with Crippen molar-refractivity contribution in [3.8, 4) is 0 Å². The van der Waals surface area contributed by atoms with Gasteiger partial charge in [0, 0.05) is 26.5 Å². The van der Waals surface area contributed by atoms with Crippen molar-refractivity contribution >= 4 is 22.6 Å². The summed E-state index contributed by atoms with van der Waals surface area (Å²) in [5.74, 6) is -0.272. The number of carbonyl (C=O) groups excluding carboxylic acids is 1. The number of hydrogen-bond acceptors (Lipinski definition) is 4. The van der Waals surface area contributed by atoms with Crippen LogP contribution in [0.5, 0.6) is 0 Å². The molecule has 0 atom stereocenters. The molecule has 0 radical (unpaired) electrons. The zero-order valence-electron chi connectivity index (χ0n) is 19.4. The number of hydrogen-bond donors (Lipinski definition) is 1. The minimum absolute atomic E-state index is 0.201. The van der Waals surface area contributed by atoms with Gasteiger partial charge in [-0.2, -0.15) is 0 Å². The first-order valence-corrected chi connectivity index (χ1v) is 11.6. The Labute approximate surface area is 202 Å². The molecule has 0 saturated heterocycles. The van der Waals surface area contributed by atoms with Gasteiger partial charge in [0.25, 0.3) is 11.5 Å². The van der Waals surface area contributed by atoms with Gasteiger partial charge in [0.05, 0.1) is 11.4 Å². The number of ether oxygens (including phenoxy) is 1. The Hall–Kier alpha value is -4.23. The highest BCUT2D eigenvalue weighted by Crippen LogP contribution is 2.24. The van der Waals surface area contributed by atoms with Crippen molar-refractivity contribution in [2.75, 3.05) is 13.7 Å². The van der Waals surface area contributed by atoms with Crippen LogP contribution in [0, 0.1) is 0 Å². The Morgan fingerprint density at radius 1 is 0.971 bits per heavy atom. The Balaban J connectivity index is 1.61. The van der Waals surface area contributed by atoms with E-state index in [0.717, 1.165) is 11.1 Å². The summed E-state index contributed by atoms with van der Waals surface area (Å²) in [6, 6.07) is 26.4. The Bertz CT molecular complexity index is 1480. The summed E-state index contributed by atoms with van der Waals surface area (Å²) in [5, 5.41) is 3.60. The first-order valence-electron chi connectivity index (χ1n) is 11.6. The van der Waals surface area contributed by atoms with E-state index in [1.165, 1.54) is 4.40 Å². The lowest BCUT2D eigenvalue weighted by molar-refractivity contribution is 0.0933. The van der Waals surface area contributed by atoms with Gasteiger partial charge < -0.3 is 14.6 Å². The van der Waals surface area contributed by atoms with Crippen LogP contribution < -0.4 is 10.9 Å². The maximum absolute atomic E-state index is 13.7. The smallest absolute Gasteiger partial charge is 0.268 e. The van der Waals surface area contributed by atoms with Crippen molar-refractivity contribution in [2.45, 2.75) is 19.0 Å². The van der Waals surface area contributed by atoms with E-state index in [-0.39, 0.29) is 17.5 Å². The molecule has 5 rings (SSSR count). The third-order valence-electron chi connectivity index (χ3n) is 6.08. The molecule has 7 heteroatoms. The third kappa shape index (κ3) is 4.46. The van der Waals surface area contributed by atoms with Gasteiger partial charge in [-0.05, 0) is 35.7 Å². The highest BCUT2D eigenvalue weighted by Gasteiger charge is 2.23. The highest BCUT2D eigenvalue weighted by molar-refractivity contribution is 5.98. The summed E-state index contributed by atoms with van der Waals surface area (Å²) >= 11 is 0. The van der Waals surface area contributed by atoms with Crippen molar-refractivity contribution in [3.05, 3.63) is 118 Å². The number of nitrogens with zero attached hydrogens (tertiary/aromatic N) is 3. The number of nitrogens with one attached hydrogen (secondary N) is 1. The number of methoxy groups -OCH3 is 1. The maximum atomic E-state index is 13.7. The highest BCUT2D eigenvalue weighted by atomic mass is 16.5. The fourth-order valence-corrected chi connectivity index (χ4v) is 4.39. The number of rotatable bonds is 8. The van der Waals surface area contributed by atoms with E-state index >= 15 is 0 Å². The Morgan fingerprint density at radius 3 is 2.29 bits per heavy atom. The molecule has 0 bridgehead atoms. The first-order chi connectivity index (χ1) is 17.2. The molecule has 2 aromatic carbocycles. The van der Waals surface area contributed by atoms with Gasteiger partial charge in [0.2, 0.25) is 0 Å². The van der Waals surface area contributed by atoms with Gasteiger partial charge in [-0.3, -0.25) is 14.0 Å². The monoisotopic (exact) mass is 466 g/mol. The SMILES string of the molecule is COCCCn1c(C(=O)NC(c2ccccc2)c2ccccc2)cc2c(=O)n3ccccc3nc21. The minimum atomic E-state index is -0.344. The standard InChI is InChI=1S/C28H26N4O3/c1-35-18-10-17-31-23(19-22-26(31)29-24-15-8-9-16-32(24)28(22)34)27(33)30-25(20-11-4-2-5-12-20)21-13-6-3-7-14-21/h2-9,11-16,19,25H,10,17-18H2,1H3,(H,30,33). The molecule has 0 aliphatic heterocycles. The molecule has 7 nitrogen and oxygen atoms in total. The molecule has 0 aliphatic carbocycles.